The summed E-state index contributed by atoms with van der Waals surface area (Å²) in [5.74, 6) is -1.84. The molecule has 0 spiro atoms. The maximum absolute atomic E-state index is 11.5. The van der Waals surface area contributed by atoms with Crippen LogP contribution in [0, 0.1) is 0 Å². The van der Waals surface area contributed by atoms with Crippen LogP contribution in [0.15, 0.2) is 18.3 Å². The summed E-state index contributed by atoms with van der Waals surface area (Å²) in [4.78, 5) is 27.0. The molecule has 1 atom stereocenters. The highest BCUT2D eigenvalue weighted by molar-refractivity contribution is 6.14. The Labute approximate surface area is 86.5 Å². The molecule has 0 radical (unpaired) electrons. The molecule has 0 aliphatic carbocycles. The van der Waals surface area contributed by atoms with E-state index in [2.05, 4.69) is 10.3 Å². The standard InChI is InChI=1S/C10H10N2O3/c1-2-15-10(14)7-8-6(12-9(7)13)4-3-5-11-8/h3-5,7H,2H2,1H3,(H,12,13)/t7-/m0/s1. The summed E-state index contributed by atoms with van der Waals surface area (Å²) in [5.41, 5.74) is 1.03. The van der Waals surface area contributed by atoms with Crippen molar-refractivity contribution < 1.29 is 14.3 Å². The number of carbonyl (C=O) groups is 2. The average Bonchev–Trinajstić information content (AvgIpc) is 2.54. The van der Waals surface area contributed by atoms with Crippen molar-refractivity contribution >= 4 is 17.6 Å². The quantitative estimate of drug-likeness (QED) is 0.570. The second-order valence-electron chi connectivity index (χ2n) is 3.11. The Morgan fingerprint density at radius 1 is 1.67 bits per heavy atom. The van der Waals surface area contributed by atoms with Crippen LogP contribution in [-0.2, 0) is 14.3 Å². The van der Waals surface area contributed by atoms with E-state index in [4.69, 9.17) is 4.74 Å². The largest absolute Gasteiger partial charge is 0.465 e. The van der Waals surface area contributed by atoms with Gasteiger partial charge in [0.05, 0.1) is 18.0 Å². The number of pyridine rings is 1. The van der Waals surface area contributed by atoms with Gasteiger partial charge in [0.1, 0.15) is 0 Å². The number of anilines is 1. The first-order valence-electron chi connectivity index (χ1n) is 4.66. The van der Waals surface area contributed by atoms with Gasteiger partial charge in [0.15, 0.2) is 5.92 Å². The molecule has 5 heteroatoms. The highest BCUT2D eigenvalue weighted by Gasteiger charge is 2.38. The zero-order valence-electron chi connectivity index (χ0n) is 8.19. The van der Waals surface area contributed by atoms with Crippen LogP contribution in [0.4, 0.5) is 5.69 Å². The van der Waals surface area contributed by atoms with E-state index < -0.39 is 11.9 Å². The van der Waals surface area contributed by atoms with Crippen LogP contribution in [0.2, 0.25) is 0 Å². The highest BCUT2D eigenvalue weighted by atomic mass is 16.5. The lowest BCUT2D eigenvalue weighted by Crippen LogP contribution is -2.23. The van der Waals surface area contributed by atoms with E-state index in [0.717, 1.165) is 0 Å². The fraction of sp³-hybridized carbons (Fsp3) is 0.300. The van der Waals surface area contributed by atoms with Crippen molar-refractivity contribution in [2.24, 2.45) is 0 Å². The van der Waals surface area contributed by atoms with Crippen molar-refractivity contribution in [1.29, 1.82) is 0 Å². The SMILES string of the molecule is CCOC(=O)[C@@H]1C(=O)Nc2cccnc21. The summed E-state index contributed by atoms with van der Waals surface area (Å²) in [5, 5.41) is 2.58. The fourth-order valence-electron chi connectivity index (χ4n) is 1.53. The van der Waals surface area contributed by atoms with E-state index in [1.807, 2.05) is 0 Å². The molecular formula is C10H10N2O3. The summed E-state index contributed by atoms with van der Waals surface area (Å²) in [6.07, 6.45) is 1.55. The number of aromatic nitrogens is 1. The van der Waals surface area contributed by atoms with Crippen LogP contribution in [-0.4, -0.2) is 23.5 Å². The molecule has 2 rings (SSSR count). The van der Waals surface area contributed by atoms with Gasteiger partial charge < -0.3 is 10.1 Å². The molecule has 1 N–H and O–H groups in total. The Morgan fingerprint density at radius 3 is 3.20 bits per heavy atom. The number of hydrogen-bond acceptors (Lipinski definition) is 4. The van der Waals surface area contributed by atoms with Crippen LogP contribution in [0.1, 0.15) is 18.5 Å². The molecular weight excluding hydrogens is 196 g/mol. The molecule has 1 aromatic rings. The predicted molar refractivity (Wildman–Crippen MR) is 52.2 cm³/mol. The minimum Gasteiger partial charge on any atom is -0.465 e. The minimum atomic E-state index is -0.916. The molecule has 15 heavy (non-hydrogen) atoms. The third kappa shape index (κ3) is 1.56. The van der Waals surface area contributed by atoms with Gasteiger partial charge in [-0.25, -0.2) is 0 Å². The molecule has 1 aromatic heterocycles. The Hall–Kier alpha value is -1.91. The summed E-state index contributed by atoms with van der Waals surface area (Å²) >= 11 is 0. The molecule has 0 saturated heterocycles. The number of ether oxygens (including phenoxy) is 1. The van der Waals surface area contributed by atoms with Gasteiger partial charge in [0.2, 0.25) is 5.91 Å². The Kier molecular flexibility index (Phi) is 2.37. The van der Waals surface area contributed by atoms with Crippen LogP contribution in [0.25, 0.3) is 0 Å². The third-order valence-electron chi connectivity index (χ3n) is 2.15. The lowest BCUT2D eigenvalue weighted by atomic mass is 10.1. The third-order valence-corrected chi connectivity index (χ3v) is 2.15. The van der Waals surface area contributed by atoms with Crippen molar-refractivity contribution in [1.82, 2.24) is 4.98 Å². The molecule has 2 heterocycles. The number of carbonyl (C=O) groups excluding carboxylic acids is 2. The minimum absolute atomic E-state index is 0.255. The molecule has 1 amide bonds. The summed E-state index contributed by atoms with van der Waals surface area (Å²) in [6.45, 7) is 1.95. The number of esters is 1. The number of nitrogens with zero attached hydrogens (tertiary/aromatic N) is 1. The zero-order valence-corrected chi connectivity index (χ0v) is 8.19. The van der Waals surface area contributed by atoms with Crippen LogP contribution >= 0.6 is 0 Å². The number of amides is 1. The molecule has 1 aliphatic heterocycles. The molecule has 0 unspecified atom stereocenters. The van der Waals surface area contributed by atoms with Crippen molar-refractivity contribution in [2.75, 3.05) is 11.9 Å². The van der Waals surface area contributed by atoms with Gasteiger partial charge in [-0.05, 0) is 19.1 Å². The topological polar surface area (TPSA) is 68.3 Å². The highest BCUT2D eigenvalue weighted by Crippen LogP contribution is 2.30. The van der Waals surface area contributed by atoms with Crippen molar-refractivity contribution in [3.63, 3.8) is 0 Å². The smallest absolute Gasteiger partial charge is 0.324 e. The van der Waals surface area contributed by atoms with Crippen molar-refractivity contribution in [3.05, 3.63) is 24.0 Å². The first-order chi connectivity index (χ1) is 7.24. The van der Waals surface area contributed by atoms with E-state index in [0.29, 0.717) is 11.4 Å². The normalized spacial score (nSPS) is 18.2. The molecule has 0 aromatic carbocycles. The Balaban J connectivity index is 2.33. The molecule has 0 fully saturated rings. The zero-order chi connectivity index (χ0) is 10.8. The van der Waals surface area contributed by atoms with Gasteiger partial charge in [-0.15, -0.1) is 0 Å². The van der Waals surface area contributed by atoms with Crippen LogP contribution in [0.3, 0.4) is 0 Å². The monoisotopic (exact) mass is 206 g/mol. The van der Waals surface area contributed by atoms with Gasteiger partial charge in [-0.3, -0.25) is 14.6 Å². The summed E-state index contributed by atoms with van der Waals surface area (Å²) in [7, 11) is 0. The van der Waals surface area contributed by atoms with E-state index in [1.54, 1.807) is 25.3 Å². The van der Waals surface area contributed by atoms with Gasteiger partial charge in [0.25, 0.3) is 0 Å². The summed E-state index contributed by atoms with van der Waals surface area (Å²) < 4.78 is 4.81. The maximum atomic E-state index is 11.5. The van der Waals surface area contributed by atoms with Crippen molar-refractivity contribution in [2.45, 2.75) is 12.8 Å². The van der Waals surface area contributed by atoms with Gasteiger partial charge in [-0.1, -0.05) is 0 Å². The van der Waals surface area contributed by atoms with Gasteiger partial charge in [0, 0.05) is 6.20 Å². The Bertz CT molecular complexity index is 417. The molecule has 78 valence electrons. The number of nitrogens with one attached hydrogen (secondary N) is 1. The van der Waals surface area contributed by atoms with E-state index >= 15 is 0 Å². The van der Waals surface area contributed by atoms with Crippen molar-refractivity contribution in [3.8, 4) is 0 Å². The lowest BCUT2D eigenvalue weighted by molar-refractivity contribution is -0.147. The van der Waals surface area contributed by atoms with Crippen LogP contribution in [0.5, 0.6) is 0 Å². The lowest BCUT2D eigenvalue weighted by Gasteiger charge is -2.06. The maximum Gasteiger partial charge on any atom is 0.324 e. The van der Waals surface area contributed by atoms with E-state index in [9.17, 15) is 9.59 Å². The number of rotatable bonds is 2. The number of hydrogen-bond donors (Lipinski definition) is 1. The summed E-state index contributed by atoms with van der Waals surface area (Å²) in [6, 6.07) is 3.41. The molecule has 0 saturated carbocycles. The van der Waals surface area contributed by atoms with Crippen LogP contribution < -0.4 is 5.32 Å². The molecule has 1 aliphatic rings. The number of fused-ring (bicyclic) bond motifs is 1. The average molecular weight is 206 g/mol. The van der Waals surface area contributed by atoms with Gasteiger partial charge >= 0.3 is 5.97 Å². The van der Waals surface area contributed by atoms with Gasteiger partial charge in [-0.2, -0.15) is 0 Å². The first-order valence-corrected chi connectivity index (χ1v) is 4.66. The second-order valence-corrected chi connectivity index (χ2v) is 3.11. The first kappa shape index (κ1) is 9.64. The predicted octanol–water partition coefficient (Wildman–Crippen LogP) is 0.680. The van der Waals surface area contributed by atoms with E-state index in [-0.39, 0.29) is 12.5 Å². The Morgan fingerprint density at radius 2 is 2.47 bits per heavy atom. The van der Waals surface area contributed by atoms with E-state index in [1.165, 1.54) is 0 Å². The fourth-order valence-corrected chi connectivity index (χ4v) is 1.53. The molecule has 0 bridgehead atoms. The second kappa shape index (κ2) is 3.68. The molecule has 5 nitrogen and oxygen atoms in total.